The number of amides is 1. The van der Waals surface area contributed by atoms with Crippen molar-refractivity contribution in [3.63, 3.8) is 0 Å². The van der Waals surface area contributed by atoms with Gasteiger partial charge in [0.2, 0.25) is 0 Å². The Balaban J connectivity index is 1.66. The molecule has 0 bridgehead atoms. The van der Waals surface area contributed by atoms with E-state index in [1.807, 2.05) is 0 Å². The van der Waals surface area contributed by atoms with Gasteiger partial charge in [0, 0.05) is 38.3 Å². The lowest BCUT2D eigenvalue weighted by Gasteiger charge is -2.37. The van der Waals surface area contributed by atoms with Crippen molar-refractivity contribution in [3.05, 3.63) is 24.0 Å². The van der Waals surface area contributed by atoms with Crippen LogP contribution in [0.3, 0.4) is 0 Å². The Morgan fingerprint density at radius 3 is 2.58 bits per heavy atom. The van der Waals surface area contributed by atoms with Crippen LogP contribution in [-0.4, -0.2) is 47.9 Å². The van der Waals surface area contributed by atoms with Crippen molar-refractivity contribution in [1.82, 2.24) is 9.88 Å². The number of aromatic nitrogens is 1. The molecule has 1 aromatic heterocycles. The van der Waals surface area contributed by atoms with E-state index in [0.29, 0.717) is 50.4 Å². The number of rotatable bonds is 1. The Morgan fingerprint density at radius 1 is 1.26 bits per heavy atom. The number of piperidine rings is 1. The number of hydrogen-bond donors (Lipinski definition) is 1. The zero-order valence-corrected chi connectivity index (χ0v) is 10.7. The van der Waals surface area contributed by atoms with Crippen molar-refractivity contribution in [2.24, 2.45) is 0 Å². The average Bonchev–Trinajstić information content (AvgIpc) is 2.87. The van der Waals surface area contributed by atoms with Crippen LogP contribution in [-0.2, 0) is 9.47 Å². The van der Waals surface area contributed by atoms with Crippen LogP contribution in [0.5, 0.6) is 0 Å². The molecule has 0 radical (unpaired) electrons. The minimum absolute atomic E-state index is 0.0346. The standard InChI is InChI=1S/C13H17N3O3/c14-11-7-10(8-15-9-11)12(17)16-3-1-13(2-4-16)18-5-6-19-13/h7-9H,1-6,14H2. The monoisotopic (exact) mass is 263 g/mol. The molecule has 1 amide bonds. The zero-order chi connectivity index (χ0) is 13.3. The maximum absolute atomic E-state index is 12.3. The van der Waals surface area contributed by atoms with Crippen molar-refractivity contribution in [3.8, 4) is 0 Å². The molecule has 0 aliphatic carbocycles. The highest BCUT2D eigenvalue weighted by Gasteiger charge is 2.40. The van der Waals surface area contributed by atoms with Gasteiger partial charge in [-0.1, -0.05) is 0 Å². The van der Waals surface area contributed by atoms with Gasteiger partial charge in [-0.25, -0.2) is 0 Å². The van der Waals surface area contributed by atoms with Crippen molar-refractivity contribution in [2.75, 3.05) is 32.0 Å². The van der Waals surface area contributed by atoms with E-state index in [-0.39, 0.29) is 5.91 Å². The molecule has 3 heterocycles. The van der Waals surface area contributed by atoms with Crippen LogP contribution in [0, 0.1) is 0 Å². The first-order valence-electron chi connectivity index (χ1n) is 6.46. The van der Waals surface area contributed by atoms with Gasteiger partial charge in [-0.3, -0.25) is 9.78 Å². The third-order valence-corrected chi connectivity index (χ3v) is 3.63. The van der Waals surface area contributed by atoms with Crippen LogP contribution in [0.2, 0.25) is 0 Å². The van der Waals surface area contributed by atoms with Gasteiger partial charge in [0.15, 0.2) is 5.79 Å². The number of nitrogen functional groups attached to an aromatic ring is 1. The summed E-state index contributed by atoms with van der Waals surface area (Å²) >= 11 is 0. The smallest absolute Gasteiger partial charge is 0.255 e. The molecule has 2 fully saturated rings. The summed E-state index contributed by atoms with van der Waals surface area (Å²) in [7, 11) is 0. The third-order valence-electron chi connectivity index (χ3n) is 3.63. The number of nitrogens with two attached hydrogens (primary N) is 1. The van der Waals surface area contributed by atoms with E-state index in [2.05, 4.69) is 4.98 Å². The Hall–Kier alpha value is -1.66. The summed E-state index contributed by atoms with van der Waals surface area (Å²) in [5.74, 6) is -0.488. The van der Waals surface area contributed by atoms with Gasteiger partial charge in [-0.05, 0) is 6.07 Å². The maximum atomic E-state index is 12.3. The number of ether oxygens (including phenoxy) is 2. The average molecular weight is 263 g/mol. The predicted octanol–water partition coefficient (Wildman–Crippen LogP) is 0.643. The van der Waals surface area contributed by atoms with E-state index >= 15 is 0 Å². The Kier molecular flexibility index (Phi) is 3.12. The summed E-state index contributed by atoms with van der Waals surface area (Å²) in [6.07, 6.45) is 4.51. The van der Waals surface area contributed by atoms with E-state index in [1.54, 1.807) is 17.2 Å². The molecule has 0 unspecified atom stereocenters. The molecule has 19 heavy (non-hydrogen) atoms. The van der Waals surface area contributed by atoms with Crippen molar-refractivity contribution >= 4 is 11.6 Å². The quantitative estimate of drug-likeness (QED) is 0.804. The molecular weight excluding hydrogens is 246 g/mol. The molecule has 3 rings (SSSR count). The van der Waals surface area contributed by atoms with Crippen LogP contribution >= 0.6 is 0 Å². The van der Waals surface area contributed by atoms with E-state index in [0.717, 1.165) is 0 Å². The molecule has 6 nitrogen and oxygen atoms in total. The highest BCUT2D eigenvalue weighted by atomic mass is 16.7. The number of carbonyl (C=O) groups is 1. The fourth-order valence-corrected chi connectivity index (χ4v) is 2.59. The number of hydrogen-bond acceptors (Lipinski definition) is 5. The van der Waals surface area contributed by atoms with Gasteiger partial charge in [-0.2, -0.15) is 0 Å². The lowest BCUT2D eigenvalue weighted by atomic mass is 10.0. The predicted molar refractivity (Wildman–Crippen MR) is 68.4 cm³/mol. The number of nitrogens with zero attached hydrogens (tertiary/aromatic N) is 2. The molecule has 102 valence electrons. The molecule has 0 aromatic carbocycles. The summed E-state index contributed by atoms with van der Waals surface area (Å²) in [6.45, 7) is 2.56. The normalized spacial score (nSPS) is 21.8. The molecule has 0 atom stereocenters. The molecule has 1 aromatic rings. The minimum Gasteiger partial charge on any atom is -0.397 e. The SMILES string of the molecule is Nc1cncc(C(=O)N2CCC3(CC2)OCCO3)c1. The van der Waals surface area contributed by atoms with Gasteiger partial charge >= 0.3 is 0 Å². The second-order valence-electron chi connectivity index (χ2n) is 4.91. The topological polar surface area (TPSA) is 77.7 Å². The molecule has 2 aliphatic heterocycles. The molecule has 6 heteroatoms. The molecule has 0 saturated carbocycles. The Bertz CT molecular complexity index is 476. The number of pyridine rings is 1. The minimum atomic E-state index is -0.454. The first-order chi connectivity index (χ1) is 9.19. The lowest BCUT2D eigenvalue weighted by Crippen LogP contribution is -2.47. The lowest BCUT2D eigenvalue weighted by molar-refractivity contribution is -0.181. The number of likely N-dealkylation sites (tertiary alicyclic amines) is 1. The number of carbonyl (C=O) groups excluding carboxylic acids is 1. The van der Waals surface area contributed by atoms with Gasteiger partial charge in [-0.15, -0.1) is 0 Å². The molecule has 2 aliphatic rings. The van der Waals surface area contributed by atoms with Crippen molar-refractivity contribution < 1.29 is 14.3 Å². The molecular formula is C13H17N3O3. The van der Waals surface area contributed by atoms with E-state index in [9.17, 15) is 4.79 Å². The van der Waals surface area contributed by atoms with Crippen LogP contribution < -0.4 is 5.73 Å². The van der Waals surface area contributed by atoms with Gasteiger partial charge in [0.05, 0.1) is 24.5 Å². The maximum Gasteiger partial charge on any atom is 0.255 e. The van der Waals surface area contributed by atoms with E-state index in [1.165, 1.54) is 6.20 Å². The second-order valence-corrected chi connectivity index (χ2v) is 4.91. The first-order valence-corrected chi connectivity index (χ1v) is 6.46. The van der Waals surface area contributed by atoms with E-state index in [4.69, 9.17) is 15.2 Å². The Morgan fingerprint density at radius 2 is 1.95 bits per heavy atom. The summed E-state index contributed by atoms with van der Waals surface area (Å²) < 4.78 is 11.3. The van der Waals surface area contributed by atoms with Crippen LogP contribution in [0.25, 0.3) is 0 Å². The summed E-state index contributed by atoms with van der Waals surface area (Å²) in [6, 6.07) is 1.66. The second kappa shape index (κ2) is 4.79. The number of anilines is 1. The molecule has 1 spiro atoms. The highest BCUT2D eigenvalue weighted by molar-refractivity contribution is 5.94. The largest absolute Gasteiger partial charge is 0.397 e. The first kappa shape index (κ1) is 12.4. The summed E-state index contributed by atoms with van der Waals surface area (Å²) in [5.41, 5.74) is 6.68. The Labute approximate surface area is 111 Å². The highest BCUT2D eigenvalue weighted by Crippen LogP contribution is 2.31. The van der Waals surface area contributed by atoms with Crippen molar-refractivity contribution in [1.29, 1.82) is 0 Å². The fraction of sp³-hybridized carbons (Fsp3) is 0.538. The van der Waals surface area contributed by atoms with Crippen LogP contribution in [0.15, 0.2) is 18.5 Å². The summed E-state index contributed by atoms with van der Waals surface area (Å²) in [4.78, 5) is 18.1. The van der Waals surface area contributed by atoms with Crippen molar-refractivity contribution in [2.45, 2.75) is 18.6 Å². The zero-order valence-electron chi connectivity index (χ0n) is 10.7. The molecule has 2 saturated heterocycles. The van der Waals surface area contributed by atoms with Gasteiger partial charge < -0.3 is 20.1 Å². The fourth-order valence-electron chi connectivity index (χ4n) is 2.59. The van der Waals surface area contributed by atoms with Gasteiger partial charge in [0.25, 0.3) is 5.91 Å². The molecule has 2 N–H and O–H groups in total. The van der Waals surface area contributed by atoms with E-state index < -0.39 is 5.79 Å². The van der Waals surface area contributed by atoms with Crippen LogP contribution in [0.4, 0.5) is 5.69 Å². The van der Waals surface area contributed by atoms with Crippen LogP contribution in [0.1, 0.15) is 23.2 Å². The third kappa shape index (κ3) is 2.41. The van der Waals surface area contributed by atoms with Gasteiger partial charge in [0.1, 0.15) is 0 Å². The summed E-state index contributed by atoms with van der Waals surface area (Å²) in [5, 5.41) is 0.